The zero-order valence-corrected chi connectivity index (χ0v) is 16.7. The Balaban J connectivity index is 1.79. The molecule has 3 rings (SSSR count). The van der Waals surface area contributed by atoms with Crippen molar-refractivity contribution in [3.05, 3.63) is 64.2 Å². The fourth-order valence-corrected chi connectivity index (χ4v) is 3.29. The summed E-state index contributed by atoms with van der Waals surface area (Å²) in [6, 6.07) is 8.97. The van der Waals surface area contributed by atoms with Gasteiger partial charge in [-0.2, -0.15) is 13.2 Å². The molecular weight excluding hydrogens is 423 g/mol. The third kappa shape index (κ3) is 4.11. The number of benzene rings is 2. The van der Waals surface area contributed by atoms with Gasteiger partial charge in [-0.05, 0) is 37.6 Å². The fraction of sp³-hybridized carbons (Fsp3) is 0.250. The molecule has 0 bridgehead atoms. The molecule has 0 spiro atoms. The van der Waals surface area contributed by atoms with Crippen LogP contribution in [0, 0.1) is 6.92 Å². The number of imide groups is 1. The van der Waals surface area contributed by atoms with Crippen molar-refractivity contribution in [2.24, 2.45) is 0 Å². The Labute approximate surface area is 175 Å². The van der Waals surface area contributed by atoms with Crippen LogP contribution in [-0.2, 0) is 21.3 Å². The van der Waals surface area contributed by atoms with Crippen LogP contribution in [0.3, 0.4) is 0 Å². The van der Waals surface area contributed by atoms with Crippen molar-refractivity contribution in [3.63, 3.8) is 0 Å². The van der Waals surface area contributed by atoms with E-state index in [0.717, 1.165) is 11.6 Å². The maximum absolute atomic E-state index is 13.2. The van der Waals surface area contributed by atoms with Gasteiger partial charge in [-0.25, -0.2) is 4.79 Å². The Bertz CT molecular complexity index is 1020. The number of alkyl halides is 3. The van der Waals surface area contributed by atoms with Crippen LogP contribution < -0.4 is 10.6 Å². The van der Waals surface area contributed by atoms with E-state index in [1.54, 1.807) is 24.3 Å². The number of anilines is 1. The van der Waals surface area contributed by atoms with Crippen molar-refractivity contribution in [2.45, 2.75) is 25.6 Å². The molecular formula is C20H17ClF3N3O3. The first-order valence-electron chi connectivity index (χ1n) is 8.79. The van der Waals surface area contributed by atoms with Gasteiger partial charge in [0.25, 0.3) is 5.91 Å². The molecule has 0 aliphatic carbocycles. The molecule has 2 aromatic rings. The molecule has 1 aliphatic heterocycles. The molecule has 1 saturated heterocycles. The lowest BCUT2D eigenvalue weighted by Crippen LogP contribution is -2.42. The van der Waals surface area contributed by atoms with Crippen LogP contribution in [0.1, 0.15) is 23.6 Å². The van der Waals surface area contributed by atoms with E-state index in [1.807, 2.05) is 6.92 Å². The van der Waals surface area contributed by atoms with Gasteiger partial charge >= 0.3 is 12.2 Å². The quantitative estimate of drug-likeness (QED) is 0.705. The monoisotopic (exact) mass is 439 g/mol. The molecule has 1 aliphatic rings. The van der Waals surface area contributed by atoms with E-state index in [9.17, 15) is 27.6 Å². The zero-order chi connectivity index (χ0) is 22.3. The minimum atomic E-state index is -4.75. The van der Waals surface area contributed by atoms with E-state index < -0.39 is 47.4 Å². The highest BCUT2D eigenvalue weighted by molar-refractivity contribution is 6.30. The lowest BCUT2D eigenvalue weighted by atomic mass is 9.91. The number of carbonyl (C=O) groups is 3. The van der Waals surface area contributed by atoms with Crippen molar-refractivity contribution < 1.29 is 27.6 Å². The van der Waals surface area contributed by atoms with Gasteiger partial charge in [-0.3, -0.25) is 14.5 Å². The molecule has 0 aromatic heterocycles. The largest absolute Gasteiger partial charge is 0.418 e. The summed E-state index contributed by atoms with van der Waals surface area (Å²) in [7, 11) is 0. The van der Waals surface area contributed by atoms with Crippen molar-refractivity contribution in [1.82, 2.24) is 10.2 Å². The van der Waals surface area contributed by atoms with Crippen LogP contribution in [0.15, 0.2) is 42.5 Å². The number of halogens is 4. The molecule has 2 N–H and O–H groups in total. The Morgan fingerprint density at radius 3 is 2.40 bits per heavy atom. The first kappa shape index (κ1) is 21.6. The average molecular weight is 440 g/mol. The van der Waals surface area contributed by atoms with Gasteiger partial charge in [0.1, 0.15) is 12.1 Å². The number of amides is 4. The summed E-state index contributed by atoms with van der Waals surface area (Å²) in [5, 5.41) is 4.48. The number of hydrogen-bond donors (Lipinski definition) is 2. The summed E-state index contributed by atoms with van der Waals surface area (Å²) >= 11 is 5.62. The Kier molecular flexibility index (Phi) is 5.51. The Morgan fingerprint density at radius 2 is 1.80 bits per heavy atom. The number of urea groups is 1. The van der Waals surface area contributed by atoms with E-state index in [0.29, 0.717) is 16.5 Å². The maximum Gasteiger partial charge on any atom is 0.418 e. The molecule has 10 heteroatoms. The highest BCUT2D eigenvalue weighted by Gasteiger charge is 2.49. The molecule has 1 heterocycles. The summed E-state index contributed by atoms with van der Waals surface area (Å²) < 4.78 is 39.6. The number of rotatable bonds is 4. The van der Waals surface area contributed by atoms with Crippen LogP contribution in [0.5, 0.6) is 0 Å². The van der Waals surface area contributed by atoms with Crippen molar-refractivity contribution in [1.29, 1.82) is 0 Å². The molecule has 6 nitrogen and oxygen atoms in total. The van der Waals surface area contributed by atoms with Crippen molar-refractivity contribution >= 4 is 35.1 Å². The van der Waals surface area contributed by atoms with Gasteiger partial charge < -0.3 is 10.6 Å². The van der Waals surface area contributed by atoms with Gasteiger partial charge in [0.2, 0.25) is 5.91 Å². The predicted octanol–water partition coefficient (Wildman–Crippen LogP) is 4.07. The van der Waals surface area contributed by atoms with E-state index in [2.05, 4.69) is 10.6 Å². The third-order valence-corrected chi connectivity index (χ3v) is 5.00. The second kappa shape index (κ2) is 7.64. The van der Waals surface area contributed by atoms with Crippen molar-refractivity contribution in [3.8, 4) is 0 Å². The molecule has 1 unspecified atom stereocenters. The summed E-state index contributed by atoms with van der Waals surface area (Å²) in [5.74, 6) is -1.64. The normalized spacial score (nSPS) is 19.1. The Hall–Kier alpha value is -3.07. The first-order valence-corrected chi connectivity index (χ1v) is 9.17. The second-order valence-electron chi connectivity index (χ2n) is 7.05. The maximum atomic E-state index is 13.2. The van der Waals surface area contributed by atoms with Gasteiger partial charge in [0.05, 0.1) is 11.3 Å². The van der Waals surface area contributed by atoms with Gasteiger partial charge in [0.15, 0.2) is 0 Å². The van der Waals surface area contributed by atoms with E-state index in [-0.39, 0.29) is 5.02 Å². The number of hydrogen-bond acceptors (Lipinski definition) is 3. The molecule has 4 amide bonds. The Morgan fingerprint density at radius 1 is 1.17 bits per heavy atom. The van der Waals surface area contributed by atoms with Gasteiger partial charge in [-0.15, -0.1) is 0 Å². The van der Waals surface area contributed by atoms with Crippen LogP contribution in [0.2, 0.25) is 5.02 Å². The van der Waals surface area contributed by atoms with Crippen LogP contribution >= 0.6 is 11.6 Å². The highest BCUT2D eigenvalue weighted by atomic mass is 35.5. The number of carbonyl (C=O) groups excluding carboxylic acids is 3. The van der Waals surface area contributed by atoms with Crippen LogP contribution in [0.25, 0.3) is 0 Å². The summed E-state index contributed by atoms with van der Waals surface area (Å²) in [4.78, 5) is 38.2. The van der Waals surface area contributed by atoms with Crippen LogP contribution in [0.4, 0.5) is 23.7 Å². The van der Waals surface area contributed by atoms with E-state index in [1.165, 1.54) is 13.0 Å². The summed E-state index contributed by atoms with van der Waals surface area (Å²) in [5.41, 5.74) is -1.57. The summed E-state index contributed by atoms with van der Waals surface area (Å²) in [6.07, 6.45) is -4.75. The second-order valence-corrected chi connectivity index (χ2v) is 7.48. The standard InChI is InChI=1S/C20H17ClF3N3O3/c1-11-3-5-12(6-4-11)19(2)17(29)27(18(30)26-19)10-16(28)25-15-8-7-13(21)9-14(15)20(22,23)24/h3-9H,10H2,1-2H3,(H,25,28)(H,26,30). The molecule has 2 aromatic carbocycles. The molecule has 1 atom stereocenters. The van der Waals surface area contributed by atoms with Crippen molar-refractivity contribution in [2.75, 3.05) is 11.9 Å². The molecule has 158 valence electrons. The summed E-state index contributed by atoms with van der Waals surface area (Å²) in [6.45, 7) is 2.62. The third-order valence-electron chi connectivity index (χ3n) is 4.77. The molecule has 30 heavy (non-hydrogen) atoms. The number of nitrogens with zero attached hydrogens (tertiary/aromatic N) is 1. The predicted molar refractivity (Wildman–Crippen MR) is 104 cm³/mol. The lowest BCUT2D eigenvalue weighted by molar-refractivity contribution is -0.137. The minimum absolute atomic E-state index is 0.150. The molecule has 1 fully saturated rings. The fourth-order valence-electron chi connectivity index (χ4n) is 3.12. The first-order chi connectivity index (χ1) is 13.9. The smallest absolute Gasteiger partial charge is 0.324 e. The number of nitrogens with one attached hydrogen (secondary N) is 2. The van der Waals surface area contributed by atoms with Gasteiger partial charge in [0, 0.05) is 5.02 Å². The lowest BCUT2D eigenvalue weighted by Gasteiger charge is -2.22. The van der Waals surface area contributed by atoms with Gasteiger partial charge in [-0.1, -0.05) is 41.4 Å². The van der Waals surface area contributed by atoms with Crippen LogP contribution in [-0.4, -0.2) is 29.3 Å². The van der Waals surface area contributed by atoms with E-state index >= 15 is 0 Å². The topological polar surface area (TPSA) is 78.5 Å². The SMILES string of the molecule is Cc1ccc(C2(C)NC(=O)N(CC(=O)Nc3ccc(Cl)cc3C(F)(F)F)C2=O)cc1. The average Bonchev–Trinajstić information content (AvgIpc) is 2.87. The highest BCUT2D eigenvalue weighted by Crippen LogP contribution is 2.36. The molecule has 0 radical (unpaired) electrons. The molecule has 0 saturated carbocycles. The minimum Gasteiger partial charge on any atom is -0.324 e. The zero-order valence-electron chi connectivity index (χ0n) is 15.9. The number of aryl methyl sites for hydroxylation is 1. The van der Waals surface area contributed by atoms with E-state index in [4.69, 9.17) is 11.6 Å².